The SMILES string of the molecule is CN(CC(=O)Nc1ccc(F)c(F)c1)CC1CCCCC1O. The van der Waals surface area contributed by atoms with Gasteiger partial charge in [0.05, 0.1) is 12.6 Å². The van der Waals surface area contributed by atoms with Crippen LogP contribution in [0.2, 0.25) is 0 Å². The topological polar surface area (TPSA) is 52.6 Å². The number of likely N-dealkylation sites (N-methyl/N-ethyl adjacent to an activating group) is 1. The van der Waals surface area contributed by atoms with E-state index in [9.17, 15) is 18.7 Å². The van der Waals surface area contributed by atoms with Crippen molar-refractivity contribution in [2.24, 2.45) is 5.92 Å². The van der Waals surface area contributed by atoms with Gasteiger partial charge in [0.2, 0.25) is 5.91 Å². The van der Waals surface area contributed by atoms with E-state index in [1.807, 2.05) is 11.9 Å². The fourth-order valence-electron chi connectivity index (χ4n) is 2.89. The minimum atomic E-state index is -0.989. The maximum Gasteiger partial charge on any atom is 0.238 e. The summed E-state index contributed by atoms with van der Waals surface area (Å²) in [6, 6.07) is 3.26. The Bertz CT molecular complexity index is 525. The van der Waals surface area contributed by atoms with Crippen LogP contribution in [0.15, 0.2) is 18.2 Å². The lowest BCUT2D eigenvalue weighted by Gasteiger charge is -2.30. The molecule has 0 spiro atoms. The summed E-state index contributed by atoms with van der Waals surface area (Å²) in [5, 5.41) is 12.5. The number of hydrogen-bond donors (Lipinski definition) is 2. The van der Waals surface area contributed by atoms with E-state index in [1.54, 1.807) is 0 Å². The third-order valence-corrected chi connectivity index (χ3v) is 4.03. The van der Waals surface area contributed by atoms with Gasteiger partial charge < -0.3 is 10.4 Å². The second kappa shape index (κ2) is 7.65. The predicted molar refractivity (Wildman–Crippen MR) is 80.4 cm³/mol. The molecule has 1 saturated carbocycles. The number of hydrogen-bond acceptors (Lipinski definition) is 3. The number of anilines is 1. The summed E-state index contributed by atoms with van der Waals surface area (Å²) in [5.41, 5.74) is 0.231. The van der Waals surface area contributed by atoms with Gasteiger partial charge in [0.1, 0.15) is 0 Å². The van der Waals surface area contributed by atoms with E-state index in [2.05, 4.69) is 5.32 Å². The highest BCUT2D eigenvalue weighted by atomic mass is 19.2. The van der Waals surface area contributed by atoms with Crippen molar-refractivity contribution in [3.63, 3.8) is 0 Å². The molecule has 4 nitrogen and oxygen atoms in total. The van der Waals surface area contributed by atoms with Crippen molar-refractivity contribution >= 4 is 11.6 Å². The van der Waals surface area contributed by atoms with Gasteiger partial charge in [-0.3, -0.25) is 9.69 Å². The predicted octanol–water partition coefficient (Wildman–Crippen LogP) is 2.39. The fourth-order valence-corrected chi connectivity index (χ4v) is 2.89. The van der Waals surface area contributed by atoms with E-state index >= 15 is 0 Å². The smallest absolute Gasteiger partial charge is 0.238 e. The minimum absolute atomic E-state index is 0.141. The molecule has 1 amide bonds. The molecule has 1 aromatic rings. The normalized spacial score (nSPS) is 21.9. The van der Waals surface area contributed by atoms with Crippen molar-refractivity contribution in [2.45, 2.75) is 31.8 Å². The highest BCUT2D eigenvalue weighted by Gasteiger charge is 2.24. The zero-order valence-electron chi connectivity index (χ0n) is 12.7. The van der Waals surface area contributed by atoms with E-state index < -0.39 is 11.6 Å². The number of carbonyl (C=O) groups is 1. The fraction of sp³-hybridized carbons (Fsp3) is 0.562. The first-order valence-electron chi connectivity index (χ1n) is 7.57. The molecular formula is C16H22F2N2O2. The van der Waals surface area contributed by atoms with Crippen LogP contribution in [-0.4, -0.2) is 42.2 Å². The Morgan fingerprint density at radius 1 is 1.32 bits per heavy atom. The summed E-state index contributed by atoms with van der Waals surface area (Å²) in [4.78, 5) is 13.8. The van der Waals surface area contributed by atoms with Gasteiger partial charge in [0.15, 0.2) is 11.6 Å². The van der Waals surface area contributed by atoms with E-state index in [0.29, 0.717) is 6.54 Å². The molecule has 6 heteroatoms. The van der Waals surface area contributed by atoms with Crippen molar-refractivity contribution in [3.8, 4) is 0 Å². The Hall–Kier alpha value is -1.53. The Balaban J connectivity index is 1.81. The van der Waals surface area contributed by atoms with E-state index in [0.717, 1.165) is 37.8 Å². The zero-order chi connectivity index (χ0) is 16.1. The lowest BCUT2D eigenvalue weighted by molar-refractivity contribution is -0.117. The second-order valence-corrected chi connectivity index (χ2v) is 5.99. The van der Waals surface area contributed by atoms with Crippen LogP contribution in [0.3, 0.4) is 0 Å². The van der Waals surface area contributed by atoms with Gasteiger partial charge >= 0.3 is 0 Å². The monoisotopic (exact) mass is 312 g/mol. The van der Waals surface area contributed by atoms with Crippen molar-refractivity contribution < 1.29 is 18.7 Å². The number of halogens is 2. The van der Waals surface area contributed by atoms with Gasteiger partial charge in [-0.15, -0.1) is 0 Å². The number of nitrogens with zero attached hydrogens (tertiary/aromatic N) is 1. The van der Waals surface area contributed by atoms with Crippen LogP contribution < -0.4 is 5.32 Å². The van der Waals surface area contributed by atoms with Crippen molar-refractivity contribution in [2.75, 3.05) is 25.5 Å². The van der Waals surface area contributed by atoms with Gasteiger partial charge in [-0.2, -0.15) is 0 Å². The average molecular weight is 312 g/mol. The molecule has 122 valence electrons. The lowest BCUT2D eigenvalue weighted by Crippen LogP contribution is -2.38. The molecule has 2 atom stereocenters. The number of carbonyl (C=O) groups excluding carboxylic acids is 1. The van der Waals surface area contributed by atoms with Crippen LogP contribution in [0.5, 0.6) is 0 Å². The van der Waals surface area contributed by atoms with E-state index in [4.69, 9.17) is 0 Å². The molecule has 22 heavy (non-hydrogen) atoms. The molecule has 0 bridgehead atoms. The van der Waals surface area contributed by atoms with E-state index in [-0.39, 0.29) is 30.2 Å². The first kappa shape index (κ1) is 16.8. The number of aliphatic hydroxyl groups is 1. The molecule has 2 N–H and O–H groups in total. The summed E-state index contributed by atoms with van der Waals surface area (Å²) >= 11 is 0. The maximum atomic E-state index is 13.1. The summed E-state index contributed by atoms with van der Waals surface area (Å²) in [5.74, 6) is -2.04. The molecule has 1 aromatic carbocycles. The summed E-state index contributed by atoms with van der Waals surface area (Å²) < 4.78 is 25.9. The Morgan fingerprint density at radius 3 is 2.73 bits per heavy atom. The van der Waals surface area contributed by atoms with Crippen LogP contribution in [0, 0.1) is 17.6 Å². The van der Waals surface area contributed by atoms with Gasteiger partial charge in [0, 0.05) is 18.3 Å². The van der Waals surface area contributed by atoms with Crippen molar-refractivity contribution in [1.29, 1.82) is 0 Å². The number of rotatable bonds is 5. The van der Waals surface area contributed by atoms with Crippen molar-refractivity contribution in [3.05, 3.63) is 29.8 Å². The number of nitrogens with one attached hydrogen (secondary N) is 1. The lowest BCUT2D eigenvalue weighted by atomic mass is 9.86. The van der Waals surface area contributed by atoms with Crippen LogP contribution in [0.1, 0.15) is 25.7 Å². The molecule has 1 aliphatic carbocycles. The Morgan fingerprint density at radius 2 is 2.05 bits per heavy atom. The third-order valence-electron chi connectivity index (χ3n) is 4.03. The molecule has 1 aliphatic rings. The number of benzene rings is 1. The highest BCUT2D eigenvalue weighted by molar-refractivity contribution is 5.92. The van der Waals surface area contributed by atoms with Gasteiger partial charge in [0.25, 0.3) is 0 Å². The third kappa shape index (κ3) is 4.74. The van der Waals surface area contributed by atoms with Crippen LogP contribution in [0.25, 0.3) is 0 Å². The molecule has 0 aromatic heterocycles. The summed E-state index contributed by atoms with van der Waals surface area (Å²) in [7, 11) is 1.81. The molecule has 0 saturated heterocycles. The first-order valence-corrected chi connectivity index (χ1v) is 7.57. The van der Waals surface area contributed by atoms with Crippen molar-refractivity contribution in [1.82, 2.24) is 4.90 Å². The molecule has 0 radical (unpaired) electrons. The van der Waals surface area contributed by atoms with Crippen LogP contribution in [-0.2, 0) is 4.79 Å². The largest absolute Gasteiger partial charge is 0.393 e. The number of aliphatic hydroxyl groups excluding tert-OH is 1. The molecule has 1 fully saturated rings. The highest BCUT2D eigenvalue weighted by Crippen LogP contribution is 2.24. The molecule has 2 rings (SSSR count). The van der Waals surface area contributed by atoms with Gasteiger partial charge in [-0.25, -0.2) is 8.78 Å². The molecular weight excluding hydrogens is 290 g/mol. The standard InChI is InChI=1S/C16H22F2N2O2/c1-20(9-11-4-2-3-5-15(11)21)10-16(22)19-12-6-7-13(17)14(18)8-12/h6-8,11,15,21H,2-5,9-10H2,1H3,(H,19,22). The minimum Gasteiger partial charge on any atom is -0.393 e. The Labute approximate surface area is 129 Å². The summed E-state index contributed by atoms with van der Waals surface area (Å²) in [6.45, 7) is 0.786. The van der Waals surface area contributed by atoms with Crippen LogP contribution >= 0.6 is 0 Å². The Kier molecular flexibility index (Phi) is 5.85. The maximum absolute atomic E-state index is 13.1. The average Bonchev–Trinajstić information content (AvgIpc) is 2.45. The molecule has 0 heterocycles. The first-order chi connectivity index (χ1) is 10.5. The second-order valence-electron chi connectivity index (χ2n) is 5.99. The molecule has 2 unspecified atom stereocenters. The number of amides is 1. The van der Waals surface area contributed by atoms with Gasteiger partial charge in [-0.05, 0) is 37.9 Å². The van der Waals surface area contributed by atoms with E-state index in [1.165, 1.54) is 6.07 Å². The summed E-state index contributed by atoms with van der Waals surface area (Å²) in [6.07, 6.45) is 3.65. The van der Waals surface area contributed by atoms with Crippen LogP contribution in [0.4, 0.5) is 14.5 Å². The quantitative estimate of drug-likeness (QED) is 0.878. The van der Waals surface area contributed by atoms with Gasteiger partial charge in [-0.1, -0.05) is 12.8 Å². The molecule has 0 aliphatic heterocycles. The zero-order valence-corrected chi connectivity index (χ0v) is 12.7.